The first-order chi connectivity index (χ1) is 11.5. The molecule has 0 aromatic carbocycles. The molecule has 8 nitrogen and oxygen atoms in total. The number of furan rings is 1. The Balaban J connectivity index is 1.79. The molecule has 2 N–H and O–H groups in total. The van der Waals surface area contributed by atoms with Crippen LogP contribution in [0.1, 0.15) is 16.2 Å². The van der Waals surface area contributed by atoms with Gasteiger partial charge in [0.05, 0.1) is 18.5 Å². The van der Waals surface area contributed by atoms with Crippen LogP contribution in [0, 0.1) is 0 Å². The standard InChI is InChI=1S/C14H14N4O4S2/c1-18-9-11(17-24(20,21)12-5-3-7-23-12)13(16-18)14(19)15-8-10-4-2-6-22-10/h2-7,9,17H,8H2,1H3,(H,15,19). The Morgan fingerprint density at radius 1 is 1.38 bits per heavy atom. The number of amides is 1. The molecule has 0 spiro atoms. The lowest BCUT2D eigenvalue weighted by atomic mass is 10.3. The van der Waals surface area contributed by atoms with Gasteiger partial charge >= 0.3 is 0 Å². The van der Waals surface area contributed by atoms with Crippen molar-refractivity contribution in [2.75, 3.05) is 4.72 Å². The summed E-state index contributed by atoms with van der Waals surface area (Å²) in [5, 5.41) is 8.32. The highest BCUT2D eigenvalue weighted by atomic mass is 32.2. The maximum atomic E-state index is 12.3. The van der Waals surface area contributed by atoms with Crippen molar-refractivity contribution in [3.63, 3.8) is 0 Å². The first-order valence-corrected chi connectivity index (χ1v) is 9.22. The van der Waals surface area contributed by atoms with Gasteiger partial charge in [-0.3, -0.25) is 14.2 Å². The minimum absolute atomic E-state index is 0.0100. The quantitative estimate of drug-likeness (QED) is 0.692. The Morgan fingerprint density at radius 2 is 2.21 bits per heavy atom. The van der Waals surface area contributed by atoms with Gasteiger partial charge in [-0.15, -0.1) is 11.3 Å². The average molecular weight is 366 g/mol. The first kappa shape index (κ1) is 16.3. The summed E-state index contributed by atoms with van der Waals surface area (Å²) in [6, 6.07) is 6.56. The van der Waals surface area contributed by atoms with Crippen molar-refractivity contribution >= 4 is 33.0 Å². The van der Waals surface area contributed by atoms with Crippen molar-refractivity contribution in [3.05, 3.63) is 53.6 Å². The molecule has 0 saturated heterocycles. The molecule has 0 radical (unpaired) electrons. The molecule has 3 heterocycles. The van der Waals surface area contributed by atoms with E-state index in [0.717, 1.165) is 11.3 Å². The maximum absolute atomic E-state index is 12.3. The van der Waals surface area contributed by atoms with Crippen LogP contribution in [0.5, 0.6) is 0 Å². The van der Waals surface area contributed by atoms with Gasteiger partial charge in [-0.1, -0.05) is 6.07 Å². The van der Waals surface area contributed by atoms with E-state index in [2.05, 4.69) is 15.1 Å². The highest BCUT2D eigenvalue weighted by Crippen LogP contribution is 2.22. The van der Waals surface area contributed by atoms with E-state index in [9.17, 15) is 13.2 Å². The molecular weight excluding hydrogens is 352 g/mol. The summed E-state index contributed by atoms with van der Waals surface area (Å²) >= 11 is 1.09. The summed E-state index contributed by atoms with van der Waals surface area (Å²) < 4.78 is 33.7. The third kappa shape index (κ3) is 3.49. The van der Waals surface area contributed by atoms with Crippen LogP contribution in [0.2, 0.25) is 0 Å². The molecule has 0 atom stereocenters. The van der Waals surface area contributed by atoms with E-state index in [1.807, 2.05) is 0 Å². The molecule has 3 aromatic rings. The van der Waals surface area contributed by atoms with Crippen molar-refractivity contribution in [2.45, 2.75) is 10.8 Å². The predicted molar refractivity (Wildman–Crippen MR) is 88.2 cm³/mol. The van der Waals surface area contributed by atoms with Gasteiger partial charge in [0.1, 0.15) is 9.97 Å². The molecular formula is C14H14N4O4S2. The van der Waals surface area contributed by atoms with Crippen molar-refractivity contribution < 1.29 is 17.6 Å². The third-order valence-electron chi connectivity index (χ3n) is 3.05. The number of nitrogens with zero attached hydrogens (tertiary/aromatic N) is 2. The molecule has 1 amide bonds. The number of hydrogen-bond acceptors (Lipinski definition) is 6. The van der Waals surface area contributed by atoms with E-state index in [-0.39, 0.29) is 22.1 Å². The van der Waals surface area contributed by atoms with Gasteiger partial charge in [0.2, 0.25) is 0 Å². The second-order valence-electron chi connectivity index (χ2n) is 4.86. The lowest BCUT2D eigenvalue weighted by Crippen LogP contribution is -2.25. The van der Waals surface area contributed by atoms with Crippen molar-refractivity contribution in [3.8, 4) is 0 Å². The van der Waals surface area contributed by atoms with Crippen LogP contribution in [-0.4, -0.2) is 24.1 Å². The summed E-state index contributed by atoms with van der Waals surface area (Å²) in [6.07, 6.45) is 2.94. The molecule has 0 aliphatic heterocycles. The van der Waals surface area contributed by atoms with Crippen molar-refractivity contribution in [2.24, 2.45) is 7.05 Å². The van der Waals surface area contributed by atoms with Gasteiger partial charge in [0, 0.05) is 13.2 Å². The predicted octanol–water partition coefficient (Wildman–Crippen LogP) is 1.81. The zero-order chi connectivity index (χ0) is 17.2. The van der Waals surface area contributed by atoms with Gasteiger partial charge < -0.3 is 9.73 Å². The minimum Gasteiger partial charge on any atom is -0.467 e. The number of rotatable bonds is 6. The number of aryl methyl sites for hydroxylation is 1. The van der Waals surface area contributed by atoms with Crippen molar-refractivity contribution in [1.29, 1.82) is 0 Å². The first-order valence-electron chi connectivity index (χ1n) is 6.86. The van der Waals surface area contributed by atoms with Crippen LogP contribution in [0.3, 0.4) is 0 Å². The third-order valence-corrected chi connectivity index (χ3v) is 5.81. The zero-order valence-corrected chi connectivity index (χ0v) is 14.2. The summed E-state index contributed by atoms with van der Waals surface area (Å²) in [5.41, 5.74) is 0.104. The van der Waals surface area contributed by atoms with Crippen LogP contribution >= 0.6 is 11.3 Å². The van der Waals surface area contributed by atoms with E-state index >= 15 is 0 Å². The second kappa shape index (κ2) is 6.49. The van der Waals surface area contributed by atoms with Gasteiger partial charge in [-0.05, 0) is 23.6 Å². The van der Waals surface area contributed by atoms with E-state index in [0.29, 0.717) is 5.76 Å². The highest BCUT2D eigenvalue weighted by Gasteiger charge is 2.22. The van der Waals surface area contributed by atoms with Gasteiger partial charge in [0.15, 0.2) is 5.69 Å². The zero-order valence-electron chi connectivity index (χ0n) is 12.6. The molecule has 3 rings (SSSR count). The fraction of sp³-hybridized carbons (Fsp3) is 0.143. The maximum Gasteiger partial charge on any atom is 0.274 e. The van der Waals surface area contributed by atoms with Crippen LogP contribution < -0.4 is 10.0 Å². The SMILES string of the molecule is Cn1cc(NS(=O)(=O)c2cccs2)c(C(=O)NCc2ccco2)n1. The molecule has 0 saturated carbocycles. The minimum atomic E-state index is -3.75. The number of carbonyl (C=O) groups is 1. The number of anilines is 1. The smallest absolute Gasteiger partial charge is 0.274 e. The molecule has 0 bridgehead atoms. The van der Waals surface area contributed by atoms with Crippen LogP contribution in [0.4, 0.5) is 5.69 Å². The van der Waals surface area contributed by atoms with Crippen LogP contribution in [-0.2, 0) is 23.6 Å². The molecule has 126 valence electrons. The number of hydrogen-bond donors (Lipinski definition) is 2. The van der Waals surface area contributed by atoms with Gasteiger partial charge in [-0.2, -0.15) is 5.10 Å². The van der Waals surface area contributed by atoms with Gasteiger partial charge in [0.25, 0.3) is 15.9 Å². The topological polar surface area (TPSA) is 106 Å². The van der Waals surface area contributed by atoms with E-state index in [1.54, 1.807) is 30.6 Å². The van der Waals surface area contributed by atoms with E-state index in [4.69, 9.17) is 4.42 Å². The molecule has 0 aliphatic rings. The fourth-order valence-electron chi connectivity index (χ4n) is 2.01. The Labute approximate surface area is 142 Å². The molecule has 10 heteroatoms. The van der Waals surface area contributed by atoms with Crippen LogP contribution in [0.15, 0.2) is 50.7 Å². The van der Waals surface area contributed by atoms with E-state index in [1.165, 1.54) is 23.2 Å². The summed E-state index contributed by atoms with van der Waals surface area (Å²) in [4.78, 5) is 12.3. The molecule has 0 unspecified atom stereocenters. The Morgan fingerprint density at radius 3 is 2.88 bits per heavy atom. The number of nitrogens with one attached hydrogen (secondary N) is 2. The lowest BCUT2D eigenvalue weighted by Gasteiger charge is -2.06. The number of aromatic nitrogens is 2. The van der Waals surface area contributed by atoms with Crippen molar-refractivity contribution in [1.82, 2.24) is 15.1 Å². The highest BCUT2D eigenvalue weighted by molar-refractivity contribution is 7.94. The molecule has 24 heavy (non-hydrogen) atoms. The number of sulfonamides is 1. The van der Waals surface area contributed by atoms with E-state index < -0.39 is 15.9 Å². The number of carbonyl (C=O) groups excluding carboxylic acids is 1. The largest absolute Gasteiger partial charge is 0.467 e. The summed E-state index contributed by atoms with van der Waals surface area (Å²) in [5.74, 6) is 0.0795. The Bertz CT molecular complexity index is 928. The average Bonchev–Trinajstić information content (AvgIpc) is 3.26. The van der Waals surface area contributed by atoms with Gasteiger partial charge in [-0.25, -0.2) is 8.42 Å². The Hall–Kier alpha value is -2.59. The van der Waals surface area contributed by atoms with Crippen LogP contribution in [0.25, 0.3) is 0 Å². The monoisotopic (exact) mass is 366 g/mol. The molecule has 0 aliphatic carbocycles. The molecule has 0 fully saturated rings. The Kier molecular flexibility index (Phi) is 4.40. The summed E-state index contributed by atoms with van der Waals surface area (Å²) in [6.45, 7) is 0.180. The molecule has 3 aromatic heterocycles. The summed E-state index contributed by atoms with van der Waals surface area (Å²) in [7, 11) is -2.15. The normalized spacial score (nSPS) is 11.4. The number of thiophene rings is 1. The second-order valence-corrected chi connectivity index (χ2v) is 7.72. The lowest BCUT2D eigenvalue weighted by molar-refractivity contribution is 0.0943. The fourth-order valence-corrected chi connectivity index (χ4v) is 4.05.